The van der Waals surface area contributed by atoms with Crippen LogP contribution in [0.1, 0.15) is 26.3 Å². The average Bonchev–Trinajstić information content (AvgIpc) is 2.38. The van der Waals surface area contributed by atoms with Crippen LogP contribution in [0.3, 0.4) is 0 Å². The van der Waals surface area contributed by atoms with Crippen LogP contribution in [0.2, 0.25) is 0 Å². The molecule has 1 aromatic rings. The maximum atomic E-state index is 6.02. The number of nitrogens with zero attached hydrogens (tertiary/aromatic N) is 1. The summed E-state index contributed by atoms with van der Waals surface area (Å²) in [5.74, 6) is 1.54. The van der Waals surface area contributed by atoms with E-state index in [1.807, 2.05) is 12.1 Å². The number of hydrogen-bond donors (Lipinski definition) is 1. The van der Waals surface area contributed by atoms with Crippen LogP contribution in [0.4, 0.5) is 0 Å². The van der Waals surface area contributed by atoms with Gasteiger partial charge in [-0.25, -0.2) is 0 Å². The van der Waals surface area contributed by atoms with Crippen LogP contribution in [0, 0.1) is 5.92 Å². The van der Waals surface area contributed by atoms with Gasteiger partial charge in [0, 0.05) is 18.6 Å². The van der Waals surface area contributed by atoms with Gasteiger partial charge in [-0.3, -0.25) is 4.90 Å². The first-order valence-electron chi connectivity index (χ1n) is 6.95. The summed E-state index contributed by atoms with van der Waals surface area (Å²) in [6.07, 6.45) is 0.955. The van der Waals surface area contributed by atoms with Crippen molar-refractivity contribution in [2.24, 2.45) is 11.7 Å². The SMILES string of the molecule is COc1ccc(CC(C)(CN)N(C)CC(C)C)cc1. The van der Waals surface area contributed by atoms with Gasteiger partial charge in [0.1, 0.15) is 5.75 Å². The van der Waals surface area contributed by atoms with Gasteiger partial charge in [0.05, 0.1) is 7.11 Å². The fourth-order valence-electron chi connectivity index (χ4n) is 2.31. The first kappa shape index (κ1) is 16.0. The molecule has 0 radical (unpaired) electrons. The zero-order valence-corrected chi connectivity index (χ0v) is 12.9. The van der Waals surface area contributed by atoms with Gasteiger partial charge in [-0.15, -0.1) is 0 Å². The number of methoxy groups -OCH3 is 1. The van der Waals surface area contributed by atoms with Crippen LogP contribution in [0.15, 0.2) is 24.3 Å². The molecule has 0 aliphatic rings. The first-order valence-corrected chi connectivity index (χ1v) is 6.95. The predicted octanol–water partition coefficient (Wildman–Crippen LogP) is 2.54. The summed E-state index contributed by atoms with van der Waals surface area (Å²) in [4.78, 5) is 2.38. The second-order valence-electron chi connectivity index (χ2n) is 6.00. The molecule has 2 N–H and O–H groups in total. The largest absolute Gasteiger partial charge is 0.497 e. The maximum Gasteiger partial charge on any atom is 0.118 e. The van der Waals surface area contributed by atoms with Crippen molar-refractivity contribution in [1.82, 2.24) is 4.90 Å². The molecular formula is C16H28N2O. The molecular weight excluding hydrogens is 236 g/mol. The molecule has 0 aliphatic carbocycles. The van der Waals surface area contributed by atoms with E-state index in [0.717, 1.165) is 18.7 Å². The van der Waals surface area contributed by atoms with E-state index in [-0.39, 0.29) is 5.54 Å². The molecule has 0 heterocycles. The lowest BCUT2D eigenvalue weighted by Gasteiger charge is -2.39. The van der Waals surface area contributed by atoms with E-state index in [1.54, 1.807) is 7.11 Å². The van der Waals surface area contributed by atoms with Gasteiger partial charge in [0.25, 0.3) is 0 Å². The van der Waals surface area contributed by atoms with Crippen molar-refractivity contribution in [3.63, 3.8) is 0 Å². The summed E-state index contributed by atoms with van der Waals surface area (Å²) in [5, 5.41) is 0. The molecule has 3 nitrogen and oxygen atoms in total. The molecule has 0 fully saturated rings. The summed E-state index contributed by atoms with van der Waals surface area (Å²) < 4.78 is 5.19. The highest BCUT2D eigenvalue weighted by atomic mass is 16.5. The Hall–Kier alpha value is -1.06. The number of likely N-dealkylation sites (N-methyl/N-ethyl adjacent to an activating group) is 1. The molecule has 1 aromatic carbocycles. The second-order valence-corrected chi connectivity index (χ2v) is 6.00. The smallest absolute Gasteiger partial charge is 0.118 e. The summed E-state index contributed by atoms with van der Waals surface area (Å²) in [7, 11) is 3.85. The van der Waals surface area contributed by atoms with Gasteiger partial charge in [-0.1, -0.05) is 26.0 Å². The summed E-state index contributed by atoms with van der Waals surface area (Å²) in [5.41, 5.74) is 7.32. The molecule has 108 valence electrons. The molecule has 3 heteroatoms. The zero-order valence-electron chi connectivity index (χ0n) is 12.9. The van der Waals surface area contributed by atoms with Crippen molar-refractivity contribution in [2.45, 2.75) is 32.7 Å². The minimum absolute atomic E-state index is 0.00113. The quantitative estimate of drug-likeness (QED) is 0.822. The maximum absolute atomic E-state index is 6.02. The number of hydrogen-bond acceptors (Lipinski definition) is 3. The third-order valence-electron chi connectivity index (χ3n) is 3.74. The lowest BCUT2D eigenvalue weighted by molar-refractivity contribution is 0.128. The van der Waals surface area contributed by atoms with E-state index in [4.69, 9.17) is 10.5 Å². The fourth-order valence-corrected chi connectivity index (χ4v) is 2.31. The molecule has 0 bridgehead atoms. The second kappa shape index (κ2) is 6.92. The standard InChI is InChI=1S/C16H28N2O/c1-13(2)11-18(4)16(3,12-17)10-14-6-8-15(19-5)9-7-14/h6-9,13H,10-12,17H2,1-5H3. The number of rotatable bonds is 7. The Morgan fingerprint density at radius 1 is 1.26 bits per heavy atom. The molecule has 19 heavy (non-hydrogen) atoms. The van der Waals surface area contributed by atoms with E-state index >= 15 is 0 Å². The first-order chi connectivity index (χ1) is 8.91. The van der Waals surface area contributed by atoms with Crippen LogP contribution in [-0.4, -0.2) is 37.7 Å². The molecule has 0 saturated carbocycles. The van der Waals surface area contributed by atoms with Gasteiger partial charge >= 0.3 is 0 Å². The van der Waals surface area contributed by atoms with Crippen LogP contribution in [-0.2, 0) is 6.42 Å². The topological polar surface area (TPSA) is 38.5 Å². The van der Waals surface area contributed by atoms with Crippen molar-refractivity contribution in [2.75, 3.05) is 27.2 Å². The Balaban J connectivity index is 2.78. The van der Waals surface area contributed by atoms with Crippen molar-refractivity contribution >= 4 is 0 Å². The van der Waals surface area contributed by atoms with Gasteiger partial charge < -0.3 is 10.5 Å². The lowest BCUT2D eigenvalue weighted by atomic mass is 9.90. The fraction of sp³-hybridized carbons (Fsp3) is 0.625. The Bertz CT molecular complexity index is 375. The van der Waals surface area contributed by atoms with Crippen LogP contribution in [0.25, 0.3) is 0 Å². The molecule has 0 aliphatic heterocycles. The highest BCUT2D eigenvalue weighted by Gasteiger charge is 2.28. The third-order valence-corrected chi connectivity index (χ3v) is 3.74. The molecule has 0 amide bonds. The predicted molar refractivity (Wildman–Crippen MR) is 81.6 cm³/mol. The molecule has 0 saturated heterocycles. The van der Waals surface area contributed by atoms with E-state index in [9.17, 15) is 0 Å². The normalized spacial score (nSPS) is 14.7. The molecule has 1 atom stereocenters. The third kappa shape index (κ3) is 4.51. The molecule has 1 rings (SSSR count). The van der Waals surface area contributed by atoms with Crippen molar-refractivity contribution in [1.29, 1.82) is 0 Å². The van der Waals surface area contributed by atoms with Crippen molar-refractivity contribution in [3.8, 4) is 5.75 Å². The van der Waals surface area contributed by atoms with Gasteiger partial charge in [0.15, 0.2) is 0 Å². The number of benzene rings is 1. The van der Waals surface area contributed by atoms with Gasteiger partial charge in [-0.05, 0) is 44.0 Å². The Labute approximate surface area is 117 Å². The molecule has 0 spiro atoms. The zero-order chi connectivity index (χ0) is 14.5. The summed E-state index contributed by atoms with van der Waals surface area (Å²) in [6.45, 7) is 8.42. The monoisotopic (exact) mass is 264 g/mol. The summed E-state index contributed by atoms with van der Waals surface area (Å²) >= 11 is 0. The minimum atomic E-state index is -0.00113. The van der Waals surface area contributed by atoms with E-state index in [0.29, 0.717) is 12.5 Å². The Kier molecular flexibility index (Phi) is 5.83. The Morgan fingerprint density at radius 3 is 2.26 bits per heavy atom. The van der Waals surface area contributed by atoms with Gasteiger partial charge in [0.2, 0.25) is 0 Å². The average molecular weight is 264 g/mol. The van der Waals surface area contributed by atoms with Crippen molar-refractivity contribution in [3.05, 3.63) is 29.8 Å². The molecule has 0 aromatic heterocycles. The van der Waals surface area contributed by atoms with E-state index < -0.39 is 0 Å². The van der Waals surface area contributed by atoms with Crippen LogP contribution in [0.5, 0.6) is 5.75 Å². The summed E-state index contributed by atoms with van der Waals surface area (Å²) in [6, 6.07) is 8.26. The minimum Gasteiger partial charge on any atom is -0.497 e. The van der Waals surface area contributed by atoms with E-state index in [2.05, 4.69) is 44.9 Å². The van der Waals surface area contributed by atoms with Gasteiger partial charge in [-0.2, -0.15) is 0 Å². The van der Waals surface area contributed by atoms with Crippen molar-refractivity contribution < 1.29 is 4.74 Å². The van der Waals surface area contributed by atoms with Crippen LogP contribution < -0.4 is 10.5 Å². The Morgan fingerprint density at radius 2 is 1.84 bits per heavy atom. The molecule has 1 unspecified atom stereocenters. The van der Waals surface area contributed by atoms with E-state index in [1.165, 1.54) is 5.56 Å². The lowest BCUT2D eigenvalue weighted by Crippen LogP contribution is -2.52. The number of nitrogens with two attached hydrogens (primary N) is 1. The highest BCUT2D eigenvalue weighted by Crippen LogP contribution is 2.21. The van der Waals surface area contributed by atoms with Crippen LogP contribution >= 0.6 is 0 Å². The number of ether oxygens (including phenoxy) is 1. The highest BCUT2D eigenvalue weighted by molar-refractivity contribution is 5.28.